The lowest BCUT2D eigenvalue weighted by atomic mass is 9.87. The second-order valence-corrected chi connectivity index (χ2v) is 3.45. The summed E-state index contributed by atoms with van der Waals surface area (Å²) in [7, 11) is 3.48. The van der Waals surface area contributed by atoms with E-state index in [-0.39, 0.29) is 12.8 Å². The number of carbonyl (C=O) groups excluding carboxylic acids is 3. The molecule has 0 saturated heterocycles. The summed E-state index contributed by atoms with van der Waals surface area (Å²) < 4.78 is 13.4. The van der Waals surface area contributed by atoms with Crippen molar-refractivity contribution >= 4 is 17.9 Å². The molecule has 7 heteroatoms. The van der Waals surface area contributed by atoms with E-state index < -0.39 is 29.7 Å². The fourth-order valence-corrected chi connectivity index (χ4v) is 1.38. The van der Waals surface area contributed by atoms with Gasteiger partial charge in [-0.25, -0.2) is 0 Å². The van der Waals surface area contributed by atoms with E-state index in [4.69, 9.17) is 5.26 Å². The molecule has 0 aromatic heterocycles. The maximum Gasteiger partial charge on any atom is 0.323 e. The van der Waals surface area contributed by atoms with Crippen LogP contribution < -0.4 is 0 Å². The van der Waals surface area contributed by atoms with Gasteiger partial charge in [-0.15, -0.1) is 0 Å². The van der Waals surface area contributed by atoms with Gasteiger partial charge in [-0.2, -0.15) is 5.26 Å². The molecule has 0 saturated carbocycles. The second-order valence-electron chi connectivity index (χ2n) is 3.45. The Hall–Kier alpha value is -2.10. The first kappa shape index (κ1) is 15.9. The number of nitriles is 1. The first-order chi connectivity index (χ1) is 8.49. The molecule has 0 aromatic rings. The van der Waals surface area contributed by atoms with Crippen LogP contribution in [0.15, 0.2) is 0 Å². The lowest BCUT2D eigenvalue weighted by Crippen LogP contribution is -2.28. The zero-order valence-corrected chi connectivity index (χ0v) is 10.5. The maximum atomic E-state index is 11.4. The molecule has 0 radical (unpaired) electrons. The summed E-state index contributed by atoms with van der Waals surface area (Å²) in [5.74, 6) is -4.08. The lowest BCUT2D eigenvalue weighted by molar-refractivity contribution is -0.149. The van der Waals surface area contributed by atoms with Gasteiger partial charge in [0.15, 0.2) is 0 Å². The number of esters is 3. The normalized spacial score (nSPS) is 11.3. The topological polar surface area (TPSA) is 103 Å². The Bertz CT molecular complexity index is 341. The molecule has 7 nitrogen and oxygen atoms in total. The molecule has 0 aliphatic heterocycles. The molecular formula is C11H15NO6. The molecular weight excluding hydrogens is 242 g/mol. The smallest absolute Gasteiger partial charge is 0.323 e. The summed E-state index contributed by atoms with van der Waals surface area (Å²) in [6.45, 7) is 0. The Labute approximate surface area is 105 Å². The Balaban J connectivity index is 4.93. The summed E-state index contributed by atoms with van der Waals surface area (Å²) in [6.07, 6.45) is -0.474. The van der Waals surface area contributed by atoms with Crippen LogP contribution in [-0.4, -0.2) is 39.2 Å². The number of methoxy groups -OCH3 is 3. The Morgan fingerprint density at radius 1 is 1.00 bits per heavy atom. The van der Waals surface area contributed by atoms with Crippen LogP contribution in [0, 0.1) is 23.2 Å². The molecule has 100 valence electrons. The third-order valence-corrected chi connectivity index (χ3v) is 2.38. The van der Waals surface area contributed by atoms with Crippen molar-refractivity contribution in [3.8, 4) is 6.07 Å². The predicted octanol–water partition coefficient (Wildman–Crippen LogP) is 0.0416. The van der Waals surface area contributed by atoms with Crippen molar-refractivity contribution in [2.45, 2.75) is 12.8 Å². The fraction of sp³-hybridized carbons (Fsp3) is 0.636. The van der Waals surface area contributed by atoms with Crippen molar-refractivity contribution in [1.29, 1.82) is 5.26 Å². The van der Waals surface area contributed by atoms with Crippen LogP contribution in [0.2, 0.25) is 0 Å². The minimum absolute atomic E-state index is 0.237. The fourth-order valence-electron chi connectivity index (χ4n) is 1.38. The highest BCUT2D eigenvalue weighted by molar-refractivity contribution is 5.79. The van der Waals surface area contributed by atoms with E-state index in [1.54, 1.807) is 6.07 Å². The summed E-state index contributed by atoms with van der Waals surface area (Å²) in [4.78, 5) is 33.8. The quantitative estimate of drug-likeness (QED) is 0.489. The standard InChI is InChI=1S/C11H15NO6/c1-16-9(13)4-7(5-10(14)17-2)8(6-12)11(15)18-3/h7-8H,4-5H2,1-3H3/t8-/m1/s1. The molecule has 0 fully saturated rings. The van der Waals surface area contributed by atoms with Crippen LogP contribution in [0.25, 0.3) is 0 Å². The lowest BCUT2D eigenvalue weighted by Gasteiger charge is -2.17. The average molecular weight is 257 g/mol. The van der Waals surface area contributed by atoms with E-state index in [1.807, 2.05) is 0 Å². The highest BCUT2D eigenvalue weighted by Gasteiger charge is 2.33. The first-order valence-corrected chi connectivity index (χ1v) is 5.11. The molecule has 0 rings (SSSR count). The van der Waals surface area contributed by atoms with Gasteiger partial charge in [0.25, 0.3) is 0 Å². The van der Waals surface area contributed by atoms with Gasteiger partial charge in [0.2, 0.25) is 0 Å². The second kappa shape index (κ2) is 8.06. The minimum atomic E-state index is -1.21. The third-order valence-electron chi connectivity index (χ3n) is 2.38. The summed E-state index contributed by atoms with van der Waals surface area (Å²) in [5.41, 5.74) is 0. The van der Waals surface area contributed by atoms with Crippen molar-refractivity contribution in [2.75, 3.05) is 21.3 Å². The predicted molar refractivity (Wildman–Crippen MR) is 57.9 cm³/mol. The van der Waals surface area contributed by atoms with Crippen LogP contribution in [0.4, 0.5) is 0 Å². The van der Waals surface area contributed by atoms with E-state index >= 15 is 0 Å². The van der Waals surface area contributed by atoms with E-state index in [9.17, 15) is 14.4 Å². The molecule has 0 unspecified atom stereocenters. The number of rotatable bonds is 6. The van der Waals surface area contributed by atoms with Gasteiger partial charge in [-0.1, -0.05) is 0 Å². The molecule has 0 aliphatic rings. The number of hydrogen-bond acceptors (Lipinski definition) is 7. The molecule has 18 heavy (non-hydrogen) atoms. The van der Waals surface area contributed by atoms with E-state index in [2.05, 4.69) is 14.2 Å². The van der Waals surface area contributed by atoms with Crippen molar-refractivity contribution in [1.82, 2.24) is 0 Å². The number of hydrogen-bond donors (Lipinski definition) is 0. The van der Waals surface area contributed by atoms with Gasteiger partial charge in [0.05, 0.1) is 40.2 Å². The van der Waals surface area contributed by atoms with Crippen LogP contribution in [0.5, 0.6) is 0 Å². The SMILES string of the molecule is COC(=O)CC(CC(=O)OC)[C@@H](C#N)C(=O)OC. The molecule has 1 atom stereocenters. The van der Waals surface area contributed by atoms with Gasteiger partial charge >= 0.3 is 17.9 Å². The van der Waals surface area contributed by atoms with Crippen LogP contribution in [-0.2, 0) is 28.6 Å². The Kier molecular flexibility index (Phi) is 7.12. The van der Waals surface area contributed by atoms with Gasteiger partial charge in [0, 0.05) is 5.92 Å². The highest BCUT2D eigenvalue weighted by atomic mass is 16.5. The van der Waals surface area contributed by atoms with Crippen LogP contribution in [0.3, 0.4) is 0 Å². The van der Waals surface area contributed by atoms with Crippen molar-refractivity contribution in [3.05, 3.63) is 0 Å². The van der Waals surface area contributed by atoms with Gasteiger partial charge < -0.3 is 14.2 Å². The number of carbonyl (C=O) groups is 3. The molecule has 0 aromatic carbocycles. The average Bonchev–Trinajstić information content (AvgIpc) is 2.38. The number of ether oxygens (including phenoxy) is 3. The number of nitrogens with zero attached hydrogens (tertiary/aromatic N) is 1. The van der Waals surface area contributed by atoms with Crippen LogP contribution >= 0.6 is 0 Å². The monoisotopic (exact) mass is 257 g/mol. The summed E-state index contributed by atoms with van der Waals surface area (Å²) in [5, 5.41) is 8.91. The first-order valence-electron chi connectivity index (χ1n) is 5.11. The molecule has 0 amide bonds. The van der Waals surface area contributed by atoms with Crippen LogP contribution in [0.1, 0.15) is 12.8 Å². The Morgan fingerprint density at radius 3 is 1.72 bits per heavy atom. The maximum absolute atomic E-state index is 11.4. The zero-order chi connectivity index (χ0) is 14.1. The molecule has 0 aliphatic carbocycles. The molecule has 0 bridgehead atoms. The van der Waals surface area contributed by atoms with Crippen molar-refractivity contribution in [2.24, 2.45) is 11.8 Å². The van der Waals surface area contributed by atoms with Crippen molar-refractivity contribution in [3.63, 3.8) is 0 Å². The van der Waals surface area contributed by atoms with Gasteiger partial charge in [0.1, 0.15) is 5.92 Å². The minimum Gasteiger partial charge on any atom is -0.469 e. The molecule has 0 N–H and O–H groups in total. The summed E-state index contributed by atoms with van der Waals surface area (Å²) >= 11 is 0. The highest BCUT2D eigenvalue weighted by Crippen LogP contribution is 2.22. The Morgan fingerprint density at radius 2 is 1.44 bits per heavy atom. The molecule has 0 heterocycles. The third kappa shape index (κ3) is 4.82. The molecule has 0 spiro atoms. The van der Waals surface area contributed by atoms with E-state index in [0.29, 0.717) is 0 Å². The van der Waals surface area contributed by atoms with Crippen molar-refractivity contribution < 1.29 is 28.6 Å². The summed E-state index contributed by atoms with van der Waals surface area (Å²) in [6, 6.07) is 1.72. The largest absolute Gasteiger partial charge is 0.469 e. The van der Waals surface area contributed by atoms with Gasteiger partial charge in [-0.05, 0) is 0 Å². The van der Waals surface area contributed by atoms with E-state index in [1.165, 1.54) is 14.2 Å². The zero-order valence-electron chi connectivity index (χ0n) is 10.5. The van der Waals surface area contributed by atoms with E-state index in [0.717, 1.165) is 7.11 Å². The van der Waals surface area contributed by atoms with Gasteiger partial charge in [-0.3, -0.25) is 14.4 Å².